The fourth-order valence-corrected chi connectivity index (χ4v) is 1.79. The minimum Gasteiger partial charge on any atom is -0.441 e. The van der Waals surface area contributed by atoms with Gasteiger partial charge in [0.1, 0.15) is 5.52 Å². The SMILES string of the molecule is Cc1nc2ccc(C(C)C(=O)NN(C)C)cc2o1. The van der Waals surface area contributed by atoms with Gasteiger partial charge in [-0.15, -0.1) is 0 Å². The third-order valence-corrected chi connectivity index (χ3v) is 2.75. The van der Waals surface area contributed by atoms with Crippen LogP contribution in [0.3, 0.4) is 0 Å². The minimum absolute atomic E-state index is 0.0458. The summed E-state index contributed by atoms with van der Waals surface area (Å²) in [5.41, 5.74) is 5.19. The number of carbonyl (C=O) groups is 1. The van der Waals surface area contributed by atoms with E-state index in [1.165, 1.54) is 0 Å². The highest BCUT2D eigenvalue weighted by atomic mass is 16.3. The van der Waals surface area contributed by atoms with Crippen LogP contribution in [0.25, 0.3) is 11.1 Å². The standard InChI is InChI=1S/C13H17N3O2/c1-8(13(17)15-16(3)4)10-5-6-11-12(7-10)18-9(2)14-11/h5-8H,1-4H3,(H,15,17). The lowest BCUT2D eigenvalue weighted by Gasteiger charge is -2.16. The van der Waals surface area contributed by atoms with Crippen molar-refractivity contribution in [2.75, 3.05) is 14.1 Å². The number of hydrogen-bond acceptors (Lipinski definition) is 4. The number of fused-ring (bicyclic) bond motifs is 1. The maximum atomic E-state index is 11.9. The number of benzene rings is 1. The van der Waals surface area contributed by atoms with Crippen molar-refractivity contribution >= 4 is 17.0 Å². The Bertz CT molecular complexity index is 575. The van der Waals surface area contributed by atoms with E-state index in [4.69, 9.17) is 4.42 Å². The molecular weight excluding hydrogens is 230 g/mol. The Morgan fingerprint density at radius 2 is 2.17 bits per heavy atom. The number of oxazole rings is 1. The van der Waals surface area contributed by atoms with Gasteiger partial charge < -0.3 is 4.42 Å². The number of rotatable bonds is 3. The van der Waals surface area contributed by atoms with Crippen molar-refractivity contribution in [3.05, 3.63) is 29.7 Å². The normalized spacial score (nSPS) is 12.9. The van der Waals surface area contributed by atoms with Crippen LogP contribution in [0.15, 0.2) is 22.6 Å². The molecule has 1 amide bonds. The molecule has 0 fully saturated rings. The molecule has 0 saturated heterocycles. The fourth-order valence-electron chi connectivity index (χ4n) is 1.79. The number of aryl methyl sites for hydroxylation is 1. The van der Waals surface area contributed by atoms with E-state index < -0.39 is 0 Å². The lowest BCUT2D eigenvalue weighted by Crippen LogP contribution is -2.38. The maximum Gasteiger partial charge on any atom is 0.241 e. The summed E-state index contributed by atoms with van der Waals surface area (Å²) in [6, 6.07) is 5.65. The molecule has 0 saturated carbocycles. The lowest BCUT2D eigenvalue weighted by atomic mass is 10.0. The summed E-state index contributed by atoms with van der Waals surface area (Å²) < 4.78 is 5.47. The molecule has 5 nitrogen and oxygen atoms in total. The van der Waals surface area contributed by atoms with Gasteiger partial charge >= 0.3 is 0 Å². The first-order valence-electron chi connectivity index (χ1n) is 5.82. The van der Waals surface area contributed by atoms with Gasteiger partial charge in [-0.2, -0.15) is 0 Å². The van der Waals surface area contributed by atoms with Gasteiger partial charge in [-0.1, -0.05) is 6.07 Å². The number of nitrogens with one attached hydrogen (secondary N) is 1. The summed E-state index contributed by atoms with van der Waals surface area (Å²) in [5, 5.41) is 1.63. The van der Waals surface area contributed by atoms with Crippen LogP contribution in [0.4, 0.5) is 0 Å². The van der Waals surface area contributed by atoms with Crippen LogP contribution < -0.4 is 5.43 Å². The Hall–Kier alpha value is -1.88. The highest BCUT2D eigenvalue weighted by Gasteiger charge is 2.16. The highest BCUT2D eigenvalue weighted by molar-refractivity contribution is 5.84. The van der Waals surface area contributed by atoms with Gasteiger partial charge in [0.05, 0.1) is 5.92 Å². The van der Waals surface area contributed by atoms with E-state index in [2.05, 4.69) is 10.4 Å². The molecule has 0 spiro atoms. The Morgan fingerprint density at radius 3 is 2.83 bits per heavy atom. The number of nitrogens with zero attached hydrogens (tertiary/aromatic N) is 2. The van der Waals surface area contributed by atoms with Crippen LogP contribution in [-0.2, 0) is 4.79 Å². The van der Waals surface area contributed by atoms with E-state index in [1.807, 2.05) is 32.0 Å². The smallest absolute Gasteiger partial charge is 0.241 e. The lowest BCUT2D eigenvalue weighted by molar-refractivity contribution is -0.125. The van der Waals surface area contributed by atoms with Crippen molar-refractivity contribution in [1.29, 1.82) is 0 Å². The van der Waals surface area contributed by atoms with Gasteiger partial charge in [-0.25, -0.2) is 9.99 Å². The Balaban J connectivity index is 2.27. The molecule has 5 heteroatoms. The van der Waals surface area contributed by atoms with Gasteiger partial charge in [0.15, 0.2) is 11.5 Å². The van der Waals surface area contributed by atoms with E-state index in [9.17, 15) is 4.79 Å². The van der Waals surface area contributed by atoms with Crippen LogP contribution in [0.1, 0.15) is 24.3 Å². The largest absolute Gasteiger partial charge is 0.441 e. The monoisotopic (exact) mass is 247 g/mol. The van der Waals surface area contributed by atoms with Crippen molar-refractivity contribution in [2.45, 2.75) is 19.8 Å². The fraction of sp³-hybridized carbons (Fsp3) is 0.385. The zero-order valence-electron chi connectivity index (χ0n) is 11.0. The molecule has 0 radical (unpaired) electrons. The van der Waals surface area contributed by atoms with Crippen molar-refractivity contribution in [2.24, 2.45) is 0 Å². The first-order chi connectivity index (χ1) is 8.47. The molecule has 2 rings (SSSR count). The van der Waals surface area contributed by atoms with Crippen molar-refractivity contribution in [3.63, 3.8) is 0 Å². The average Bonchev–Trinajstić information content (AvgIpc) is 2.65. The second-order valence-corrected chi connectivity index (χ2v) is 4.55. The van der Waals surface area contributed by atoms with Crippen LogP contribution >= 0.6 is 0 Å². The van der Waals surface area contributed by atoms with Crippen molar-refractivity contribution in [3.8, 4) is 0 Å². The Morgan fingerprint density at radius 1 is 1.44 bits per heavy atom. The van der Waals surface area contributed by atoms with Gasteiger partial charge in [0.2, 0.25) is 5.91 Å². The summed E-state index contributed by atoms with van der Waals surface area (Å²) in [4.78, 5) is 16.1. The van der Waals surface area contributed by atoms with Crippen molar-refractivity contribution < 1.29 is 9.21 Å². The summed E-state index contributed by atoms with van der Waals surface area (Å²) in [7, 11) is 3.57. The summed E-state index contributed by atoms with van der Waals surface area (Å²) >= 11 is 0. The number of hydrogen-bond donors (Lipinski definition) is 1. The Labute approximate surface area is 106 Å². The molecule has 1 atom stereocenters. The molecule has 0 aliphatic carbocycles. The van der Waals surface area contributed by atoms with Crippen LogP contribution in [0.5, 0.6) is 0 Å². The zero-order chi connectivity index (χ0) is 13.3. The number of hydrazine groups is 1. The van der Waals surface area contributed by atoms with Crippen molar-refractivity contribution in [1.82, 2.24) is 15.4 Å². The molecule has 0 aliphatic rings. The first-order valence-corrected chi connectivity index (χ1v) is 5.82. The number of amides is 1. The molecule has 18 heavy (non-hydrogen) atoms. The quantitative estimate of drug-likeness (QED) is 0.841. The summed E-state index contributed by atoms with van der Waals surface area (Å²) in [6.45, 7) is 3.67. The molecular formula is C13H17N3O2. The molecule has 2 aromatic rings. The van der Waals surface area contributed by atoms with E-state index >= 15 is 0 Å². The second-order valence-electron chi connectivity index (χ2n) is 4.55. The molecule has 1 aromatic heterocycles. The zero-order valence-corrected chi connectivity index (χ0v) is 11.0. The van der Waals surface area contributed by atoms with E-state index in [0.717, 1.165) is 16.7 Å². The van der Waals surface area contributed by atoms with Gasteiger partial charge in [0, 0.05) is 21.0 Å². The second kappa shape index (κ2) is 4.78. The molecule has 0 aliphatic heterocycles. The van der Waals surface area contributed by atoms with Crippen LogP contribution in [0.2, 0.25) is 0 Å². The molecule has 0 bridgehead atoms. The Kier molecular flexibility index (Phi) is 3.34. The van der Waals surface area contributed by atoms with Gasteiger partial charge in [-0.05, 0) is 24.6 Å². The summed E-state index contributed by atoms with van der Waals surface area (Å²) in [5.74, 6) is 0.352. The predicted molar refractivity (Wildman–Crippen MR) is 69.0 cm³/mol. The van der Waals surface area contributed by atoms with Crippen LogP contribution in [0, 0.1) is 6.92 Å². The highest BCUT2D eigenvalue weighted by Crippen LogP contribution is 2.22. The molecule has 1 heterocycles. The van der Waals surface area contributed by atoms with Gasteiger partial charge in [0.25, 0.3) is 0 Å². The van der Waals surface area contributed by atoms with Crippen LogP contribution in [-0.4, -0.2) is 30.0 Å². The van der Waals surface area contributed by atoms with E-state index in [-0.39, 0.29) is 11.8 Å². The van der Waals surface area contributed by atoms with E-state index in [1.54, 1.807) is 19.1 Å². The summed E-state index contributed by atoms with van der Waals surface area (Å²) in [6.07, 6.45) is 0. The number of aromatic nitrogens is 1. The number of carbonyl (C=O) groups excluding carboxylic acids is 1. The third kappa shape index (κ3) is 2.51. The predicted octanol–water partition coefficient (Wildman–Crippen LogP) is 1.83. The average molecular weight is 247 g/mol. The maximum absolute atomic E-state index is 11.9. The minimum atomic E-state index is -0.234. The molecule has 1 unspecified atom stereocenters. The van der Waals surface area contributed by atoms with E-state index in [0.29, 0.717) is 5.89 Å². The topological polar surface area (TPSA) is 58.4 Å². The third-order valence-electron chi connectivity index (χ3n) is 2.75. The molecule has 96 valence electrons. The molecule has 1 aromatic carbocycles. The van der Waals surface area contributed by atoms with Gasteiger partial charge in [-0.3, -0.25) is 10.2 Å². The molecule has 1 N–H and O–H groups in total. The first kappa shape index (κ1) is 12.6.